The van der Waals surface area contributed by atoms with Crippen molar-refractivity contribution in [3.8, 4) is 0 Å². The first-order valence-corrected chi connectivity index (χ1v) is 4.69. The summed E-state index contributed by atoms with van der Waals surface area (Å²) in [6, 6.07) is 0. The van der Waals surface area contributed by atoms with E-state index in [4.69, 9.17) is 5.11 Å². The van der Waals surface area contributed by atoms with Gasteiger partial charge in [-0.3, -0.25) is 0 Å². The molecule has 0 aromatic rings. The van der Waals surface area contributed by atoms with Gasteiger partial charge >= 0.3 is 5.97 Å². The van der Waals surface area contributed by atoms with E-state index in [1.54, 1.807) is 0 Å². The number of hydrogen-bond donors (Lipinski definition) is 2. The van der Waals surface area contributed by atoms with Crippen LogP contribution in [0.25, 0.3) is 0 Å². The second-order valence-corrected chi connectivity index (χ2v) is 4.31. The molecule has 0 amide bonds. The van der Waals surface area contributed by atoms with E-state index >= 15 is 0 Å². The van der Waals surface area contributed by atoms with Crippen LogP contribution in [0.5, 0.6) is 0 Å². The van der Waals surface area contributed by atoms with Crippen molar-refractivity contribution in [3.63, 3.8) is 0 Å². The Bertz CT molecular complexity index is 285. The zero-order valence-electron chi connectivity index (χ0n) is 9.45. The predicted molar refractivity (Wildman–Crippen MR) is 61.9 cm³/mol. The van der Waals surface area contributed by atoms with Gasteiger partial charge in [-0.2, -0.15) is 5.10 Å². The first-order valence-electron chi connectivity index (χ1n) is 4.69. The third kappa shape index (κ3) is 7.49. The van der Waals surface area contributed by atoms with E-state index in [1.165, 1.54) is 18.4 Å². The molecule has 0 aliphatic rings. The Morgan fingerprint density at radius 2 is 2.13 bits per heavy atom. The standard InChI is InChI=1S/C11H18N2O2/c1-5-9(10(14)15)6-7-12-13-8-11(2,3)4/h5-7,13H,1,8H2,2-4H3,(H,14,15)/b9-6+,12-7-. The van der Waals surface area contributed by atoms with Gasteiger partial charge in [-0.05, 0) is 11.5 Å². The highest BCUT2D eigenvalue weighted by Gasteiger charge is 2.07. The Kier molecular flexibility index (Phi) is 5.37. The quantitative estimate of drug-likeness (QED) is 0.315. The topological polar surface area (TPSA) is 61.7 Å². The smallest absolute Gasteiger partial charge is 0.335 e. The van der Waals surface area contributed by atoms with Crippen LogP contribution in [0.2, 0.25) is 0 Å². The van der Waals surface area contributed by atoms with Crippen LogP contribution in [0.3, 0.4) is 0 Å². The molecule has 4 nitrogen and oxygen atoms in total. The van der Waals surface area contributed by atoms with E-state index < -0.39 is 5.97 Å². The van der Waals surface area contributed by atoms with Crippen LogP contribution in [-0.2, 0) is 4.79 Å². The summed E-state index contributed by atoms with van der Waals surface area (Å²) >= 11 is 0. The molecule has 0 spiro atoms. The highest BCUT2D eigenvalue weighted by atomic mass is 16.4. The van der Waals surface area contributed by atoms with Crippen molar-refractivity contribution in [1.82, 2.24) is 5.43 Å². The fourth-order valence-corrected chi connectivity index (χ4v) is 0.680. The van der Waals surface area contributed by atoms with E-state index in [9.17, 15) is 4.79 Å². The lowest BCUT2D eigenvalue weighted by atomic mass is 9.98. The zero-order chi connectivity index (χ0) is 11.9. The minimum absolute atomic E-state index is 0.122. The van der Waals surface area contributed by atoms with Crippen LogP contribution in [0.1, 0.15) is 20.8 Å². The van der Waals surface area contributed by atoms with E-state index in [-0.39, 0.29) is 11.0 Å². The molecule has 0 aliphatic carbocycles. The minimum Gasteiger partial charge on any atom is -0.478 e. The Morgan fingerprint density at radius 1 is 1.53 bits per heavy atom. The molecule has 0 aliphatic heterocycles. The molecule has 0 aromatic heterocycles. The maximum atomic E-state index is 10.5. The average molecular weight is 210 g/mol. The molecular weight excluding hydrogens is 192 g/mol. The van der Waals surface area contributed by atoms with Crippen molar-refractivity contribution in [2.75, 3.05) is 6.54 Å². The molecule has 0 saturated carbocycles. The number of nitrogens with zero attached hydrogens (tertiary/aromatic N) is 1. The minimum atomic E-state index is -1.01. The monoisotopic (exact) mass is 210 g/mol. The molecule has 4 heteroatoms. The third-order valence-corrected chi connectivity index (χ3v) is 1.50. The molecule has 84 valence electrons. The molecule has 0 radical (unpaired) electrons. The Balaban J connectivity index is 4.08. The Hall–Kier alpha value is -1.58. The van der Waals surface area contributed by atoms with E-state index in [0.717, 1.165) is 6.54 Å². The lowest BCUT2D eigenvalue weighted by Crippen LogP contribution is -2.22. The number of hydrogen-bond acceptors (Lipinski definition) is 3. The van der Waals surface area contributed by atoms with Crippen molar-refractivity contribution in [3.05, 3.63) is 24.3 Å². The van der Waals surface area contributed by atoms with Crippen LogP contribution < -0.4 is 5.43 Å². The van der Waals surface area contributed by atoms with Gasteiger partial charge in [-0.1, -0.05) is 33.4 Å². The van der Waals surface area contributed by atoms with Gasteiger partial charge in [-0.25, -0.2) is 4.79 Å². The van der Waals surface area contributed by atoms with Gasteiger partial charge in [0.05, 0.1) is 5.57 Å². The van der Waals surface area contributed by atoms with E-state index in [2.05, 4.69) is 37.9 Å². The molecule has 0 atom stereocenters. The predicted octanol–water partition coefficient (Wildman–Crippen LogP) is 1.80. The van der Waals surface area contributed by atoms with Gasteiger partial charge in [0.1, 0.15) is 0 Å². The fourth-order valence-electron chi connectivity index (χ4n) is 0.680. The van der Waals surface area contributed by atoms with Gasteiger partial charge in [0.25, 0.3) is 0 Å². The van der Waals surface area contributed by atoms with Crippen molar-refractivity contribution in [2.45, 2.75) is 20.8 Å². The molecule has 0 aromatic carbocycles. The van der Waals surface area contributed by atoms with E-state index in [0.29, 0.717) is 0 Å². The molecule has 15 heavy (non-hydrogen) atoms. The zero-order valence-corrected chi connectivity index (χ0v) is 9.45. The van der Waals surface area contributed by atoms with Crippen LogP contribution >= 0.6 is 0 Å². The van der Waals surface area contributed by atoms with Gasteiger partial charge in [0.15, 0.2) is 0 Å². The first-order chi connectivity index (χ1) is 6.87. The van der Waals surface area contributed by atoms with Crippen molar-refractivity contribution < 1.29 is 9.90 Å². The molecule has 0 heterocycles. The van der Waals surface area contributed by atoms with Gasteiger partial charge in [0, 0.05) is 12.8 Å². The Morgan fingerprint density at radius 3 is 2.53 bits per heavy atom. The van der Waals surface area contributed by atoms with Crippen LogP contribution in [0.15, 0.2) is 29.4 Å². The number of hydrazone groups is 1. The summed E-state index contributed by atoms with van der Waals surface area (Å²) < 4.78 is 0. The molecule has 2 N–H and O–H groups in total. The van der Waals surface area contributed by atoms with Gasteiger partial charge in [-0.15, -0.1) is 0 Å². The van der Waals surface area contributed by atoms with Crippen LogP contribution in [-0.4, -0.2) is 23.8 Å². The molecule has 0 bridgehead atoms. The summed E-state index contributed by atoms with van der Waals surface area (Å²) in [4.78, 5) is 10.5. The number of carbonyl (C=O) groups is 1. The van der Waals surface area contributed by atoms with Crippen LogP contribution in [0, 0.1) is 5.41 Å². The summed E-state index contributed by atoms with van der Waals surface area (Å²) in [6.45, 7) is 10.4. The molecule has 0 fully saturated rings. The second kappa shape index (κ2) is 6.01. The van der Waals surface area contributed by atoms with Gasteiger partial charge < -0.3 is 10.5 Å². The van der Waals surface area contributed by atoms with Crippen LogP contribution in [0.4, 0.5) is 0 Å². The van der Waals surface area contributed by atoms with Crippen molar-refractivity contribution in [1.29, 1.82) is 0 Å². The highest BCUT2D eigenvalue weighted by molar-refractivity contribution is 5.94. The molecular formula is C11H18N2O2. The highest BCUT2D eigenvalue weighted by Crippen LogP contribution is 2.09. The lowest BCUT2D eigenvalue weighted by Gasteiger charge is -2.16. The fraction of sp³-hybridized carbons (Fsp3) is 0.455. The largest absolute Gasteiger partial charge is 0.478 e. The maximum Gasteiger partial charge on any atom is 0.335 e. The first kappa shape index (κ1) is 13.4. The average Bonchev–Trinajstić information content (AvgIpc) is 2.08. The number of rotatable bonds is 5. The Labute approximate surface area is 90.4 Å². The molecule has 0 unspecified atom stereocenters. The number of aliphatic carboxylic acids is 1. The normalized spacial score (nSPS) is 12.9. The molecule has 0 saturated heterocycles. The summed E-state index contributed by atoms with van der Waals surface area (Å²) in [7, 11) is 0. The summed E-state index contributed by atoms with van der Waals surface area (Å²) in [5, 5.41) is 12.5. The summed E-state index contributed by atoms with van der Waals surface area (Å²) in [6.07, 6.45) is 4.08. The van der Waals surface area contributed by atoms with Crippen molar-refractivity contribution >= 4 is 12.2 Å². The number of carboxylic acid groups (broad SMARTS) is 1. The second-order valence-electron chi connectivity index (χ2n) is 4.31. The van der Waals surface area contributed by atoms with Gasteiger partial charge in [0.2, 0.25) is 0 Å². The van der Waals surface area contributed by atoms with E-state index in [1.807, 2.05) is 0 Å². The SMILES string of the molecule is C=C/C(=C\C=N/NCC(C)(C)C)C(=O)O. The third-order valence-electron chi connectivity index (χ3n) is 1.50. The molecule has 0 rings (SSSR count). The maximum absolute atomic E-state index is 10.5. The number of nitrogens with one attached hydrogen (secondary N) is 1. The number of allylic oxidation sites excluding steroid dienone is 1. The van der Waals surface area contributed by atoms with Crippen molar-refractivity contribution in [2.24, 2.45) is 10.5 Å². The summed E-state index contributed by atoms with van der Waals surface area (Å²) in [5.74, 6) is -1.01. The summed E-state index contributed by atoms with van der Waals surface area (Å²) in [5.41, 5.74) is 3.11. The lowest BCUT2D eigenvalue weighted by molar-refractivity contribution is -0.132. The number of carboxylic acids is 1.